The van der Waals surface area contributed by atoms with Gasteiger partial charge in [0.05, 0.1) is 0 Å². The van der Waals surface area contributed by atoms with Gasteiger partial charge in [0.1, 0.15) is 0 Å². The minimum Gasteiger partial charge on any atom is -0.481 e. The summed E-state index contributed by atoms with van der Waals surface area (Å²) < 4.78 is 0. The summed E-state index contributed by atoms with van der Waals surface area (Å²) in [6, 6.07) is 0.566. The molecule has 0 aromatic heterocycles. The molecule has 0 amide bonds. The van der Waals surface area contributed by atoms with Crippen molar-refractivity contribution >= 4 is 5.97 Å². The molecule has 3 nitrogen and oxygen atoms in total. The Balaban J connectivity index is 1.97. The average molecular weight is 183 g/mol. The van der Waals surface area contributed by atoms with E-state index < -0.39 is 5.97 Å². The van der Waals surface area contributed by atoms with Crippen molar-refractivity contribution in [3.8, 4) is 0 Å². The van der Waals surface area contributed by atoms with E-state index in [9.17, 15) is 4.79 Å². The number of rotatable bonds is 3. The van der Waals surface area contributed by atoms with Gasteiger partial charge in [0.2, 0.25) is 0 Å². The second-order valence-electron chi connectivity index (χ2n) is 4.46. The number of carboxylic acid groups (broad SMARTS) is 1. The molecule has 1 heterocycles. The highest BCUT2D eigenvalue weighted by molar-refractivity contribution is 5.67. The zero-order valence-electron chi connectivity index (χ0n) is 8.07. The normalized spacial score (nSPS) is 35.2. The maximum Gasteiger partial charge on any atom is 0.303 e. The van der Waals surface area contributed by atoms with Crippen molar-refractivity contribution in [2.45, 2.75) is 31.7 Å². The summed E-state index contributed by atoms with van der Waals surface area (Å²) in [6.07, 6.45) is 4.06. The third kappa shape index (κ3) is 1.85. The lowest BCUT2D eigenvalue weighted by Crippen LogP contribution is -2.32. The molecule has 2 aliphatic rings. The van der Waals surface area contributed by atoms with Gasteiger partial charge in [0.15, 0.2) is 0 Å². The zero-order valence-corrected chi connectivity index (χ0v) is 8.07. The Morgan fingerprint density at radius 1 is 1.46 bits per heavy atom. The van der Waals surface area contributed by atoms with E-state index in [4.69, 9.17) is 5.11 Å². The molecule has 0 aromatic carbocycles. The molecule has 0 spiro atoms. The molecule has 3 heteroatoms. The highest BCUT2D eigenvalue weighted by Crippen LogP contribution is 2.43. The number of hydrogen-bond donors (Lipinski definition) is 1. The van der Waals surface area contributed by atoms with Crippen molar-refractivity contribution in [3.63, 3.8) is 0 Å². The highest BCUT2D eigenvalue weighted by atomic mass is 16.4. The largest absolute Gasteiger partial charge is 0.481 e. The Morgan fingerprint density at radius 2 is 2.15 bits per heavy atom. The molecule has 2 atom stereocenters. The summed E-state index contributed by atoms with van der Waals surface area (Å²) in [4.78, 5) is 13.0. The molecule has 2 rings (SSSR count). The molecule has 1 saturated heterocycles. The molecule has 0 bridgehead atoms. The molecule has 0 unspecified atom stereocenters. The van der Waals surface area contributed by atoms with E-state index in [2.05, 4.69) is 11.9 Å². The van der Waals surface area contributed by atoms with Gasteiger partial charge in [-0.1, -0.05) is 0 Å². The minimum atomic E-state index is -0.633. The van der Waals surface area contributed by atoms with Crippen molar-refractivity contribution in [1.29, 1.82) is 0 Å². The van der Waals surface area contributed by atoms with E-state index in [0.717, 1.165) is 18.9 Å². The summed E-state index contributed by atoms with van der Waals surface area (Å²) in [5.74, 6) is 0.581. The quantitative estimate of drug-likeness (QED) is 0.714. The first-order valence-electron chi connectivity index (χ1n) is 5.10. The van der Waals surface area contributed by atoms with Crippen molar-refractivity contribution in [2.75, 3.05) is 13.6 Å². The Bertz CT molecular complexity index is 213. The standard InChI is InChI=1S/C10H17NO2/c1-11-5-4-8(6-9(12)13)10(11)7-2-3-7/h7-8,10H,2-6H2,1H3,(H,12,13)/t8-,10-/m1/s1. The summed E-state index contributed by atoms with van der Waals surface area (Å²) in [5, 5.41) is 8.76. The van der Waals surface area contributed by atoms with Crippen molar-refractivity contribution in [2.24, 2.45) is 11.8 Å². The smallest absolute Gasteiger partial charge is 0.303 e. The molecular weight excluding hydrogens is 166 g/mol. The molecule has 1 N–H and O–H groups in total. The van der Waals surface area contributed by atoms with E-state index in [0.29, 0.717) is 18.4 Å². The average Bonchev–Trinajstić information content (AvgIpc) is 2.79. The number of carbonyl (C=O) groups is 1. The first-order chi connectivity index (χ1) is 6.18. The molecule has 2 fully saturated rings. The molecule has 13 heavy (non-hydrogen) atoms. The second-order valence-corrected chi connectivity index (χ2v) is 4.46. The van der Waals surface area contributed by atoms with E-state index >= 15 is 0 Å². The van der Waals surface area contributed by atoms with E-state index in [1.165, 1.54) is 12.8 Å². The van der Waals surface area contributed by atoms with Crippen LogP contribution in [0.4, 0.5) is 0 Å². The van der Waals surface area contributed by atoms with Gasteiger partial charge in [-0.15, -0.1) is 0 Å². The number of nitrogens with zero attached hydrogens (tertiary/aromatic N) is 1. The van der Waals surface area contributed by atoms with Crippen LogP contribution >= 0.6 is 0 Å². The fourth-order valence-corrected chi connectivity index (χ4v) is 2.68. The number of hydrogen-bond acceptors (Lipinski definition) is 2. The minimum absolute atomic E-state index is 0.367. The summed E-state index contributed by atoms with van der Waals surface area (Å²) in [5.41, 5.74) is 0. The monoisotopic (exact) mass is 183 g/mol. The topological polar surface area (TPSA) is 40.5 Å². The molecule has 1 aliphatic carbocycles. The maximum atomic E-state index is 10.6. The lowest BCUT2D eigenvalue weighted by molar-refractivity contribution is -0.138. The van der Waals surface area contributed by atoms with Crippen LogP contribution < -0.4 is 0 Å². The van der Waals surface area contributed by atoms with Crippen molar-refractivity contribution < 1.29 is 9.90 Å². The predicted molar refractivity (Wildman–Crippen MR) is 49.5 cm³/mol. The zero-order chi connectivity index (χ0) is 9.42. The van der Waals surface area contributed by atoms with Crippen LogP contribution in [0.3, 0.4) is 0 Å². The summed E-state index contributed by atoms with van der Waals surface area (Å²) in [7, 11) is 2.13. The molecule has 1 saturated carbocycles. The Morgan fingerprint density at radius 3 is 2.69 bits per heavy atom. The van der Waals surface area contributed by atoms with Gasteiger partial charge >= 0.3 is 5.97 Å². The third-order valence-corrected chi connectivity index (χ3v) is 3.39. The maximum absolute atomic E-state index is 10.6. The Labute approximate surface area is 78.7 Å². The Hall–Kier alpha value is -0.570. The van der Waals surface area contributed by atoms with Gasteiger partial charge in [-0.25, -0.2) is 0 Å². The van der Waals surface area contributed by atoms with Crippen LogP contribution in [0.1, 0.15) is 25.7 Å². The third-order valence-electron chi connectivity index (χ3n) is 3.39. The van der Waals surface area contributed by atoms with Gasteiger partial charge in [-0.3, -0.25) is 4.79 Å². The molecule has 0 aromatic rings. The van der Waals surface area contributed by atoms with Crippen molar-refractivity contribution in [3.05, 3.63) is 0 Å². The van der Waals surface area contributed by atoms with E-state index in [1.54, 1.807) is 0 Å². The van der Waals surface area contributed by atoms with Crippen LogP contribution in [0.25, 0.3) is 0 Å². The van der Waals surface area contributed by atoms with Crippen LogP contribution in [0, 0.1) is 11.8 Å². The summed E-state index contributed by atoms with van der Waals surface area (Å²) in [6.45, 7) is 1.08. The van der Waals surface area contributed by atoms with Gasteiger partial charge in [0, 0.05) is 12.5 Å². The second kappa shape index (κ2) is 3.29. The first-order valence-corrected chi connectivity index (χ1v) is 5.10. The van der Waals surface area contributed by atoms with E-state index in [1.807, 2.05) is 0 Å². The number of carboxylic acids is 1. The SMILES string of the molecule is CN1CC[C@H](CC(=O)O)[C@H]1C1CC1. The van der Waals surface area contributed by atoms with Crippen LogP contribution in [-0.2, 0) is 4.79 Å². The van der Waals surface area contributed by atoms with Crippen LogP contribution in [-0.4, -0.2) is 35.6 Å². The number of likely N-dealkylation sites (tertiary alicyclic amines) is 1. The first kappa shape index (κ1) is 9.00. The summed E-state index contributed by atoms with van der Waals surface area (Å²) >= 11 is 0. The Kier molecular flexibility index (Phi) is 2.28. The molecule has 0 radical (unpaired) electrons. The predicted octanol–water partition coefficient (Wildman–Crippen LogP) is 1.19. The molecule has 74 valence electrons. The van der Waals surface area contributed by atoms with Gasteiger partial charge in [-0.05, 0) is 44.7 Å². The molecular formula is C10H17NO2. The fraction of sp³-hybridized carbons (Fsp3) is 0.900. The fourth-order valence-electron chi connectivity index (χ4n) is 2.68. The van der Waals surface area contributed by atoms with Crippen molar-refractivity contribution in [1.82, 2.24) is 4.90 Å². The number of aliphatic carboxylic acids is 1. The van der Waals surface area contributed by atoms with Gasteiger partial charge in [0.25, 0.3) is 0 Å². The lowest BCUT2D eigenvalue weighted by Gasteiger charge is -2.23. The molecule has 1 aliphatic heterocycles. The van der Waals surface area contributed by atoms with Gasteiger partial charge in [-0.2, -0.15) is 0 Å². The van der Waals surface area contributed by atoms with Crippen LogP contribution in [0.5, 0.6) is 0 Å². The highest BCUT2D eigenvalue weighted by Gasteiger charge is 2.42. The van der Waals surface area contributed by atoms with E-state index in [-0.39, 0.29) is 0 Å². The lowest BCUT2D eigenvalue weighted by atomic mass is 9.93. The van der Waals surface area contributed by atoms with Crippen LogP contribution in [0.15, 0.2) is 0 Å². The van der Waals surface area contributed by atoms with Gasteiger partial charge < -0.3 is 10.0 Å². The van der Waals surface area contributed by atoms with Crippen LogP contribution in [0.2, 0.25) is 0 Å².